The molecule has 3 aromatic rings. The van der Waals surface area contributed by atoms with Crippen LogP contribution in [0.3, 0.4) is 0 Å². The number of halogens is 1. The Kier molecular flexibility index (Phi) is 3.74. The average molecular weight is 358 g/mol. The fourth-order valence-corrected chi connectivity index (χ4v) is 2.67. The molecule has 4 heterocycles. The lowest BCUT2D eigenvalue weighted by molar-refractivity contribution is 0.0360. The van der Waals surface area contributed by atoms with Gasteiger partial charge < -0.3 is 9.64 Å². The predicted molar refractivity (Wildman–Crippen MR) is 86.5 cm³/mol. The summed E-state index contributed by atoms with van der Waals surface area (Å²) in [7, 11) is 0. The third-order valence-corrected chi connectivity index (χ3v) is 4.09. The molecule has 1 saturated heterocycles. The SMILES string of the molecule is N#CC(OC(=O)N1CCC1)n1cc(-c2nc(Cl)cc3nccn23)cn1. The van der Waals surface area contributed by atoms with Gasteiger partial charge in [0, 0.05) is 37.7 Å². The zero-order valence-corrected chi connectivity index (χ0v) is 13.7. The van der Waals surface area contributed by atoms with Crippen molar-refractivity contribution in [3.8, 4) is 17.5 Å². The summed E-state index contributed by atoms with van der Waals surface area (Å²) in [5.74, 6) is 0.525. The first-order chi connectivity index (χ1) is 12.2. The normalized spacial score (nSPS) is 14.8. The Labute approximate surface area is 147 Å². The summed E-state index contributed by atoms with van der Waals surface area (Å²) in [5.41, 5.74) is 1.26. The zero-order valence-electron chi connectivity index (χ0n) is 12.9. The summed E-state index contributed by atoms with van der Waals surface area (Å²) < 4.78 is 8.22. The van der Waals surface area contributed by atoms with E-state index in [1.807, 2.05) is 6.07 Å². The van der Waals surface area contributed by atoms with Gasteiger partial charge in [0.1, 0.15) is 16.9 Å². The van der Waals surface area contributed by atoms with E-state index in [2.05, 4.69) is 15.1 Å². The molecule has 1 unspecified atom stereocenters. The highest BCUT2D eigenvalue weighted by Gasteiger charge is 2.26. The van der Waals surface area contributed by atoms with Crippen LogP contribution < -0.4 is 0 Å². The van der Waals surface area contributed by atoms with Gasteiger partial charge in [0.05, 0.1) is 11.8 Å². The molecule has 0 aromatic carbocycles. The molecule has 3 aromatic heterocycles. The Morgan fingerprint density at radius 3 is 3.00 bits per heavy atom. The Hall–Kier alpha value is -3.12. The quantitative estimate of drug-likeness (QED) is 0.665. The Bertz CT molecular complexity index is 985. The molecule has 126 valence electrons. The van der Waals surface area contributed by atoms with Crippen LogP contribution in [-0.2, 0) is 4.74 Å². The molecular formula is C15H12ClN7O2. The lowest BCUT2D eigenvalue weighted by atomic mass is 10.2. The van der Waals surface area contributed by atoms with Gasteiger partial charge >= 0.3 is 6.09 Å². The number of ether oxygens (including phenoxy) is 1. The number of carbonyl (C=O) groups excluding carboxylic acids is 1. The largest absolute Gasteiger partial charge is 0.412 e. The minimum absolute atomic E-state index is 0.294. The number of hydrogen-bond acceptors (Lipinski definition) is 6. The molecule has 0 saturated carbocycles. The van der Waals surface area contributed by atoms with Crippen molar-refractivity contribution in [1.82, 2.24) is 29.0 Å². The van der Waals surface area contributed by atoms with Gasteiger partial charge in [-0.25, -0.2) is 19.4 Å². The topological polar surface area (TPSA) is 101 Å². The van der Waals surface area contributed by atoms with Crippen molar-refractivity contribution in [3.05, 3.63) is 36.0 Å². The molecule has 0 spiro atoms. The number of likely N-dealkylation sites (tertiary alicyclic amines) is 1. The van der Waals surface area contributed by atoms with E-state index in [0.29, 0.717) is 35.3 Å². The second-order valence-electron chi connectivity index (χ2n) is 5.47. The van der Waals surface area contributed by atoms with Crippen molar-refractivity contribution in [2.24, 2.45) is 0 Å². The van der Waals surface area contributed by atoms with Gasteiger partial charge in [0.2, 0.25) is 0 Å². The number of hydrogen-bond donors (Lipinski definition) is 0. The molecule has 10 heteroatoms. The molecule has 0 bridgehead atoms. The van der Waals surface area contributed by atoms with E-state index >= 15 is 0 Å². The van der Waals surface area contributed by atoms with E-state index in [4.69, 9.17) is 16.3 Å². The van der Waals surface area contributed by atoms with Crippen LogP contribution in [0.2, 0.25) is 5.15 Å². The van der Waals surface area contributed by atoms with E-state index in [1.54, 1.807) is 29.1 Å². The highest BCUT2D eigenvalue weighted by atomic mass is 35.5. The van der Waals surface area contributed by atoms with Gasteiger partial charge in [0.25, 0.3) is 6.23 Å². The van der Waals surface area contributed by atoms with E-state index in [-0.39, 0.29) is 0 Å². The predicted octanol–water partition coefficient (Wildman–Crippen LogP) is 2.11. The molecule has 1 amide bonds. The van der Waals surface area contributed by atoms with Gasteiger partial charge in [-0.2, -0.15) is 10.4 Å². The van der Waals surface area contributed by atoms with Crippen molar-refractivity contribution >= 4 is 23.3 Å². The first kappa shape index (κ1) is 15.4. The number of aromatic nitrogens is 5. The average Bonchev–Trinajstić information content (AvgIpc) is 3.19. The zero-order chi connectivity index (χ0) is 17.4. The summed E-state index contributed by atoms with van der Waals surface area (Å²) in [6.45, 7) is 1.29. The molecule has 0 N–H and O–H groups in total. The van der Waals surface area contributed by atoms with E-state index in [9.17, 15) is 10.1 Å². The van der Waals surface area contributed by atoms with Crippen LogP contribution in [-0.4, -0.2) is 48.2 Å². The number of carbonyl (C=O) groups is 1. The number of imidazole rings is 1. The van der Waals surface area contributed by atoms with E-state index < -0.39 is 12.3 Å². The first-order valence-corrected chi connectivity index (χ1v) is 7.93. The van der Waals surface area contributed by atoms with Crippen LogP contribution in [0.1, 0.15) is 12.6 Å². The van der Waals surface area contributed by atoms with Gasteiger partial charge in [-0.1, -0.05) is 11.6 Å². The third-order valence-electron chi connectivity index (χ3n) is 3.90. The molecule has 0 aliphatic carbocycles. The van der Waals surface area contributed by atoms with Crippen LogP contribution in [0.25, 0.3) is 17.0 Å². The van der Waals surface area contributed by atoms with Crippen LogP contribution >= 0.6 is 11.6 Å². The second-order valence-corrected chi connectivity index (χ2v) is 5.86. The first-order valence-electron chi connectivity index (χ1n) is 7.55. The van der Waals surface area contributed by atoms with Gasteiger partial charge in [0.15, 0.2) is 5.82 Å². The second kappa shape index (κ2) is 6.07. The lowest BCUT2D eigenvalue weighted by Gasteiger charge is -2.30. The fraction of sp³-hybridized carbons (Fsp3) is 0.267. The number of nitriles is 1. The fourth-order valence-electron chi connectivity index (χ4n) is 2.49. The molecular weight excluding hydrogens is 346 g/mol. The lowest BCUT2D eigenvalue weighted by Crippen LogP contribution is -2.43. The Morgan fingerprint density at radius 2 is 2.28 bits per heavy atom. The summed E-state index contributed by atoms with van der Waals surface area (Å²) >= 11 is 6.03. The molecule has 1 aliphatic heterocycles. The Balaban J connectivity index is 1.63. The summed E-state index contributed by atoms with van der Waals surface area (Å²) in [6, 6.07) is 3.57. The molecule has 25 heavy (non-hydrogen) atoms. The third kappa shape index (κ3) is 2.77. The van der Waals surface area contributed by atoms with Gasteiger partial charge in [-0.05, 0) is 6.42 Å². The van der Waals surface area contributed by atoms with E-state index in [1.165, 1.54) is 15.8 Å². The van der Waals surface area contributed by atoms with Gasteiger partial charge in [-0.3, -0.25) is 4.40 Å². The van der Waals surface area contributed by atoms with Crippen molar-refractivity contribution in [1.29, 1.82) is 5.26 Å². The summed E-state index contributed by atoms with van der Waals surface area (Å²) in [4.78, 5) is 21.9. The maximum Gasteiger partial charge on any atom is 0.412 e. The highest BCUT2D eigenvalue weighted by molar-refractivity contribution is 6.29. The maximum absolute atomic E-state index is 11.9. The van der Waals surface area contributed by atoms with Crippen LogP contribution in [0.15, 0.2) is 30.9 Å². The number of rotatable bonds is 3. The van der Waals surface area contributed by atoms with Crippen molar-refractivity contribution < 1.29 is 9.53 Å². The number of amides is 1. The Morgan fingerprint density at radius 1 is 1.44 bits per heavy atom. The summed E-state index contributed by atoms with van der Waals surface area (Å²) in [5, 5.41) is 13.7. The molecule has 1 atom stereocenters. The van der Waals surface area contributed by atoms with Crippen LogP contribution in [0, 0.1) is 11.3 Å². The van der Waals surface area contributed by atoms with Crippen LogP contribution in [0.5, 0.6) is 0 Å². The summed E-state index contributed by atoms with van der Waals surface area (Å²) in [6.07, 6.45) is 5.76. The maximum atomic E-state index is 11.9. The van der Waals surface area contributed by atoms with E-state index in [0.717, 1.165) is 6.42 Å². The molecule has 0 radical (unpaired) electrons. The highest BCUT2D eigenvalue weighted by Crippen LogP contribution is 2.22. The number of fused-ring (bicyclic) bond motifs is 1. The van der Waals surface area contributed by atoms with Crippen molar-refractivity contribution in [2.45, 2.75) is 12.6 Å². The van der Waals surface area contributed by atoms with Crippen molar-refractivity contribution in [3.63, 3.8) is 0 Å². The molecule has 4 rings (SSSR count). The minimum Gasteiger partial charge on any atom is -0.409 e. The monoisotopic (exact) mass is 357 g/mol. The molecule has 9 nitrogen and oxygen atoms in total. The molecule has 1 aliphatic rings. The van der Waals surface area contributed by atoms with Crippen LogP contribution in [0.4, 0.5) is 4.79 Å². The minimum atomic E-state index is -1.15. The smallest absolute Gasteiger partial charge is 0.409 e. The molecule has 1 fully saturated rings. The van der Waals surface area contributed by atoms with Gasteiger partial charge in [-0.15, -0.1) is 0 Å². The standard InChI is InChI=1S/C15H12ClN7O2/c16-11-6-12-18-2-5-22(12)14(20-11)10-8-19-23(9-10)13(7-17)25-15(24)21-3-1-4-21/h2,5-6,8-9,13H,1,3-4H2. The van der Waals surface area contributed by atoms with Crippen molar-refractivity contribution in [2.75, 3.05) is 13.1 Å². The number of nitrogens with zero attached hydrogens (tertiary/aromatic N) is 7.